The molecule has 1 N–H and O–H groups in total. The van der Waals surface area contributed by atoms with Crippen LogP contribution in [0.25, 0.3) is 0 Å². The van der Waals surface area contributed by atoms with E-state index in [9.17, 15) is 0 Å². The molecule has 1 aliphatic heterocycles. The minimum Gasteiger partial charge on any atom is -0.366 e. The second kappa shape index (κ2) is 3.94. The van der Waals surface area contributed by atoms with Gasteiger partial charge in [0.05, 0.1) is 18.5 Å². The molecule has 1 aliphatic rings. The molecule has 1 saturated heterocycles. The lowest BCUT2D eigenvalue weighted by Gasteiger charge is -2.39. The van der Waals surface area contributed by atoms with Crippen molar-refractivity contribution in [1.82, 2.24) is 15.1 Å². The Morgan fingerprint density at radius 1 is 1.67 bits per heavy atom. The fourth-order valence-electron chi connectivity index (χ4n) is 2.25. The molecule has 0 spiro atoms. The standard InChI is InChI=1S/C11H19N3O/c1-4-14-5-6-15-11(3,8-14)10-9(2)7-12-13-10/h7H,4-6,8H2,1-3H3,(H,12,13)/t11-/m0/s1. The highest BCUT2D eigenvalue weighted by atomic mass is 16.5. The van der Waals surface area contributed by atoms with Crippen LogP contribution in [0.4, 0.5) is 0 Å². The van der Waals surface area contributed by atoms with E-state index >= 15 is 0 Å². The lowest BCUT2D eigenvalue weighted by Crippen LogP contribution is -2.48. The van der Waals surface area contributed by atoms with E-state index in [2.05, 4.69) is 35.9 Å². The number of H-pyrrole nitrogens is 1. The second-order valence-electron chi connectivity index (χ2n) is 4.38. The Hall–Kier alpha value is -0.870. The quantitative estimate of drug-likeness (QED) is 0.798. The molecule has 0 saturated carbocycles. The summed E-state index contributed by atoms with van der Waals surface area (Å²) in [5.74, 6) is 0. The molecule has 0 aliphatic carbocycles. The number of morpholine rings is 1. The van der Waals surface area contributed by atoms with E-state index in [0.717, 1.165) is 31.9 Å². The smallest absolute Gasteiger partial charge is 0.119 e. The van der Waals surface area contributed by atoms with Gasteiger partial charge in [0.2, 0.25) is 0 Å². The number of aromatic amines is 1. The molecule has 4 nitrogen and oxygen atoms in total. The molecule has 4 heteroatoms. The van der Waals surface area contributed by atoms with Crippen molar-refractivity contribution in [2.75, 3.05) is 26.2 Å². The van der Waals surface area contributed by atoms with Crippen molar-refractivity contribution in [3.05, 3.63) is 17.5 Å². The Bertz CT molecular complexity index is 336. The largest absolute Gasteiger partial charge is 0.366 e. The van der Waals surface area contributed by atoms with Crippen molar-refractivity contribution < 1.29 is 4.74 Å². The Kier molecular flexibility index (Phi) is 2.80. The third-order valence-corrected chi connectivity index (χ3v) is 3.16. The van der Waals surface area contributed by atoms with E-state index in [1.807, 2.05) is 6.20 Å². The highest BCUT2D eigenvalue weighted by molar-refractivity contribution is 5.22. The molecule has 2 rings (SSSR count). The first-order valence-electron chi connectivity index (χ1n) is 5.52. The minimum atomic E-state index is -0.227. The van der Waals surface area contributed by atoms with E-state index < -0.39 is 0 Å². The molecule has 0 bridgehead atoms. The second-order valence-corrected chi connectivity index (χ2v) is 4.38. The van der Waals surface area contributed by atoms with Crippen LogP contribution in [0.2, 0.25) is 0 Å². The van der Waals surface area contributed by atoms with Crippen molar-refractivity contribution in [1.29, 1.82) is 0 Å². The number of nitrogens with one attached hydrogen (secondary N) is 1. The molecule has 1 aromatic heterocycles. The fraction of sp³-hybridized carbons (Fsp3) is 0.727. The third-order valence-electron chi connectivity index (χ3n) is 3.16. The maximum absolute atomic E-state index is 5.91. The summed E-state index contributed by atoms with van der Waals surface area (Å²) in [7, 11) is 0. The molecule has 0 amide bonds. The van der Waals surface area contributed by atoms with Crippen LogP contribution in [0.3, 0.4) is 0 Å². The number of ether oxygens (including phenoxy) is 1. The predicted molar refractivity (Wildman–Crippen MR) is 58.7 cm³/mol. The molecule has 0 aromatic carbocycles. The van der Waals surface area contributed by atoms with E-state index in [1.165, 1.54) is 5.56 Å². The average Bonchev–Trinajstić information content (AvgIpc) is 2.65. The lowest BCUT2D eigenvalue weighted by atomic mass is 9.97. The predicted octanol–water partition coefficient (Wildman–Crippen LogP) is 1.29. The molecule has 2 heterocycles. The summed E-state index contributed by atoms with van der Waals surface area (Å²) in [6.45, 7) is 10.2. The van der Waals surface area contributed by atoms with Crippen LogP contribution in [-0.4, -0.2) is 41.3 Å². The van der Waals surface area contributed by atoms with Crippen LogP contribution in [-0.2, 0) is 10.3 Å². The van der Waals surface area contributed by atoms with Crippen molar-refractivity contribution >= 4 is 0 Å². The highest BCUT2D eigenvalue weighted by Gasteiger charge is 2.35. The maximum Gasteiger partial charge on any atom is 0.119 e. The Labute approximate surface area is 90.6 Å². The first-order chi connectivity index (χ1) is 7.15. The van der Waals surface area contributed by atoms with Crippen molar-refractivity contribution in [3.63, 3.8) is 0 Å². The zero-order chi connectivity index (χ0) is 10.9. The molecule has 0 unspecified atom stereocenters. The van der Waals surface area contributed by atoms with Crippen LogP contribution in [0, 0.1) is 6.92 Å². The molecule has 15 heavy (non-hydrogen) atoms. The van der Waals surface area contributed by atoms with Gasteiger partial charge >= 0.3 is 0 Å². The van der Waals surface area contributed by atoms with Crippen LogP contribution in [0.5, 0.6) is 0 Å². The van der Waals surface area contributed by atoms with E-state index in [-0.39, 0.29) is 5.60 Å². The number of nitrogens with zero attached hydrogens (tertiary/aromatic N) is 2. The summed E-state index contributed by atoms with van der Waals surface area (Å²) in [6, 6.07) is 0. The summed E-state index contributed by atoms with van der Waals surface area (Å²) in [5, 5.41) is 7.13. The van der Waals surface area contributed by atoms with Crippen molar-refractivity contribution in [2.24, 2.45) is 0 Å². The van der Waals surface area contributed by atoms with E-state index in [4.69, 9.17) is 4.74 Å². The van der Waals surface area contributed by atoms with Gasteiger partial charge in [0.1, 0.15) is 5.60 Å². The van der Waals surface area contributed by atoms with Crippen LogP contribution >= 0.6 is 0 Å². The Morgan fingerprint density at radius 3 is 3.07 bits per heavy atom. The van der Waals surface area contributed by atoms with Gasteiger partial charge in [-0.15, -0.1) is 0 Å². The van der Waals surface area contributed by atoms with Gasteiger partial charge in [-0.1, -0.05) is 6.92 Å². The van der Waals surface area contributed by atoms with Gasteiger partial charge in [-0.3, -0.25) is 10.00 Å². The van der Waals surface area contributed by atoms with Crippen LogP contribution in [0.1, 0.15) is 25.1 Å². The number of aromatic nitrogens is 2. The van der Waals surface area contributed by atoms with Crippen LogP contribution < -0.4 is 0 Å². The number of aryl methyl sites for hydroxylation is 1. The molecule has 84 valence electrons. The van der Waals surface area contributed by atoms with Crippen molar-refractivity contribution in [3.8, 4) is 0 Å². The molecular formula is C11H19N3O. The van der Waals surface area contributed by atoms with Crippen LogP contribution in [0.15, 0.2) is 6.20 Å². The number of hydrogen-bond donors (Lipinski definition) is 1. The summed E-state index contributed by atoms with van der Waals surface area (Å²) in [5.41, 5.74) is 2.06. The minimum absolute atomic E-state index is 0.227. The van der Waals surface area contributed by atoms with E-state index in [0.29, 0.717) is 0 Å². The van der Waals surface area contributed by atoms with Gasteiger partial charge in [0.25, 0.3) is 0 Å². The lowest BCUT2D eigenvalue weighted by molar-refractivity contribution is -0.104. The van der Waals surface area contributed by atoms with Gasteiger partial charge in [-0.25, -0.2) is 0 Å². The monoisotopic (exact) mass is 209 g/mol. The summed E-state index contributed by atoms with van der Waals surface area (Å²) < 4.78 is 5.91. The van der Waals surface area contributed by atoms with Gasteiger partial charge in [0.15, 0.2) is 0 Å². The molecule has 1 fully saturated rings. The molecule has 1 atom stereocenters. The van der Waals surface area contributed by atoms with Gasteiger partial charge < -0.3 is 4.74 Å². The van der Waals surface area contributed by atoms with E-state index in [1.54, 1.807) is 0 Å². The van der Waals surface area contributed by atoms with Gasteiger partial charge in [-0.05, 0) is 26.0 Å². The average molecular weight is 209 g/mol. The zero-order valence-electron chi connectivity index (χ0n) is 9.71. The molecular weight excluding hydrogens is 190 g/mol. The molecule has 0 radical (unpaired) electrons. The summed E-state index contributed by atoms with van der Waals surface area (Å²) in [6.07, 6.45) is 1.86. The normalized spacial score (nSPS) is 28.2. The Morgan fingerprint density at radius 2 is 2.47 bits per heavy atom. The summed E-state index contributed by atoms with van der Waals surface area (Å²) in [4.78, 5) is 2.41. The zero-order valence-corrected chi connectivity index (χ0v) is 9.71. The topological polar surface area (TPSA) is 41.1 Å². The number of rotatable bonds is 2. The summed E-state index contributed by atoms with van der Waals surface area (Å²) >= 11 is 0. The highest BCUT2D eigenvalue weighted by Crippen LogP contribution is 2.29. The SMILES string of the molecule is CCN1CCO[C@](C)(c2[nH]ncc2C)C1. The van der Waals surface area contributed by atoms with Gasteiger partial charge in [0, 0.05) is 13.1 Å². The Balaban J connectivity index is 2.22. The van der Waals surface area contributed by atoms with Crippen molar-refractivity contribution in [2.45, 2.75) is 26.4 Å². The number of likely N-dealkylation sites (N-methyl/N-ethyl adjacent to an activating group) is 1. The first-order valence-corrected chi connectivity index (χ1v) is 5.52. The molecule has 1 aromatic rings. The fourth-order valence-corrected chi connectivity index (χ4v) is 2.25. The first kappa shape index (κ1) is 10.6. The van der Waals surface area contributed by atoms with Gasteiger partial charge in [-0.2, -0.15) is 5.10 Å². The maximum atomic E-state index is 5.91. The number of hydrogen-bond acceptors (Lipinski definition) is 3. The third kappa shape index (κ3) is 1.92.